The van der Waals surface area contributed by atoms with Crippen molar-refractivity contribution in [3.05, 3.63) is 58.9 Å². The van der Waals surface area contributed by atoms with Crippen LogP contribution < -0.4 is 9.47 Å². The van der Waals surface area contributed by atoms with E-state index in [0.29, 0.717) is 0 Å². The van der Waals surface area contributed by atoms with Crippen molar-refractivity contribution in [3.8, 4) is 11.5 Å². The van der Waals surface area contributed by atoms with Gasteiger partial charge >= 0.3 is 0 Å². The van der Waals surface area contributed by atoms with E-state index in [9.17, 15) is 4.39 Å². The topological polar surface area (TPSA) is 18.5 Å². The molecule has 0 saturated carbocycles. The summed E-state index contributed by atoms with van der Waals surface area (Å²) in [6, 6.07) is 10.5. The summed E-state index contributed by atoms with van der Waals surface area (Å²) in [5.74, 6) is 0.814. The lowest BCUT2D eigenvalue weighted by Crippen LogP contribution is -2.01. The Kier molecular flexibility index (Phi) is 4.85. The molecule has 0 bridgehead atoms. The number of aryl methyl sites for hydroxylation is 1. The molecule has 0 aliphatic carbocycles. The maximum atomic E-state index is 13.8. The van der Waals surface area contributed by atoms with Crippen LogP contribution in [0.5, 0.6) is 11.5 Å². The van der Waals surface area contributed by atoms with E-state index in [4.69, 9.17) is 21.1 Å². The zero-order valence-corrected chi connectivity index (χ0v) is 12.2. The summed E-state index contributed by atoms with van der Waals surface area (Å²) in [4.78, 5) is 0. The molecule has 0 heterocycles. The molecule has 2 nitrogen and oxygen atoms in total. The van der Waals surface area contributed by atoms with Gasteiger partial charge in [-0.2, -0.15) is 0 Å². The van der Waals surface area contributed by atoms with Crippen LogP contribution >= 0.6 is 11.6 Å². The second-order valence-corrected chi connectivity index (χ2v) is 4.77. The third-order valence-corrected chi connectivity index (χ3v) is 3.28. The third-order valence-electron chi connectivity index (χ3n) is 2.97. The van der Waals surface area contributed by atoms with Crippen molar-refractivity contribution >= 4 is 11.6 Å². The zero-order chi connectivity index (χ0) is 14.5. The first-order chi connectivity index (χ1) is 9.63. The maximum Gasteiger partial charge on any atom is 0.165 e. The number of benzene rings is 2. The smallest absolute Gasteiger partial charge is 0.165 e. The quantitative estimate of drug-likeness (QED) is 0.758. The Bertz CT molecular complexity index is 599. The highest BCUT2D eigenvalue weighted by Crippen LogP contribution is 2.24. The Morgan fingerprint density at radius 2 is 1.85 bits per heavy atom. The molecule has 2 rings (SSSR count). The van der Waals surface area contributed by atoms with Crippen molar-refractivity contribution in [2.45, 2.75) is 19.4 Å². The minimum Gasteiger partial charge on any atom is -0.496 e. The molecule has 0 aliphatic rings. The molecule has 0 fully saturated rings. The number of methoxy groups -OCH3 is 1. The van der Waals surface area contributed by atoms with Gasteiger partial charge in [-0.15, -0.1) is 11.6 Å². The lowest BCUT2D eigenvalue weighted by molar-refractivity contribution is 0.282. The van der Waals surface area contributed by atoms with Gasteiger partial charge in [-0.1, -0.05) is 17.7 Å². The first-order valence-electron chi connectivity index (χ1n) is 6.24. The van der Waals surface area contributed by atoms with Gasteiger partial charge in [-0.25, -0.2) is 4.39 Å². The average Bonchev–Trinajstić information content (AvgIpc) is 2.46. The van der Waals surface area contributed by atoms with Crippen molar-refractivity contribution in [3.63, 3.8) is 0 Å². The predicted octanol–water partition coefficient (Wildman–Crippen LogP) is 4.46. The van der Waals surface area contributed by atoms with Gasteiger partial charge in [0.1, 0.15) is 12.4 Å². The number of rotatable bonds is 5. The van der Waals surface area contributed by atoms with E-state index in [2.05, 4.69) is 0 Å². The molecule has 0 aromatic heterocycles. The fraction of sp³-hybridized carbons (Fsp3) is 0.250. The number of halogens is 2. The van der Waals surface area contributed by atoms with Crippen molar-refractivity contribution in [1.82, 2.24) is 0 Å². The zero-order valence-electron chi connectivity index (χ0n) is 11.5. The first kappa shape index (κ1) is 14.7. The highest BCUT2D eigenvalue weighted by molar-refractivity contribution is 6.17. The van der Waals surface area contributed by atoms with Gasteiger partial charge in [0.05, 0.1) is 7.11 Å². The van der Waals surface area contributed by atoms with Gasteiger partial charge < -0.3 is 9.47 Å². The Balaban J connectivity index is 2.14. The summed E-state index contributed by atoms with van der Waals surface area (Å²) in [6.45, 7) is 2.24. The summed E-state index contributed by atoms with van der Waals surface area (Å²) in [7, 11) is 1.60. The minimum absolute atomic E-state index is 0.211. The summed E-state index contributed by atoms with van der Waals surface area (Å²) >= 11 is 5.66. The Labute approximate surface area is 123 Å². The molecular formula is C16H16ClFO2. The van der Waals surface area contributed by atoms with E-state index >= 15 is 0 Å². The molecule has 0 radical (unpaired) electrons. The van der Waals surface area contributed by atoms with Crippen LogP contribution in [0.1, 0.15) is 16.7 Å². The molecule has 0 aliphatic heterocycles. The molecule has 2 aromatic rings. The summed E-state index contributed by atoms with van der Waals surface area (Å²) < 4.78 is 24.6. The van der Waals surface area contributed by atoms with Crippen LogP contribution in [-0.4, -0.2) is 7.11 Å². The molecule has 0 spiro atoms. The van der Waals surface area contributed by atoms with Crippen molar-refractivity contribution < 1.29 is 13.9 Å². The number of alkyl halides is 1. The van der Waals surface area contributed by atoms with Gasteiger partial charge in [0.25, 0.3) is 0 Å². The predicted molar refractivity (Wildman–Crippen MR) is 78.0 cm³/mol. The van der Waals surface area contributed by atoms with Crippen LogP contribution in [0.2, 0.25) is 0 Å². The molecule has 4 heteroatoms. The molecule has 2 aromatic carbocycles. The molecular weight excluding hydrogens is 279 g/mol. The first-order valence-corrected chi connectivity index (χ1v) is 6.78. The van der Waals surface area contributed by atoms with Crippen LogP contribution in [0.25, 0.3) is 0 Å². The maximum absolute atomic E-state index is 13.8. The van der Waals surface area contributed by atoms with Gasteiger partial charge in [-0.05, 0) is 36.8 Å². The Morgan fingerprint density at radius 3 is 2.50 bits per heavy atom. The fourth-order valence-electron chi connectivity index (χ4n) is 1.92. The second kappa shape index (κ2) is 6.62. The standard InChI is InChI=1S/C16H16ClFO2/c1-11-3-5-15(19-2)13(7-11)10-20-16-6-4-12(9-17)8-14(16)18/h3-8H,9-10H2,1-2H3. The molecule has 0 saturated heterocycles. The average molecular weight is 295 g/mol. The van der Waals surface area contributed by atoms with E-state index in [0.717, 1.165) is 22.4 Å². The van der Waals surface area contributed by atoms with Crippen LogP contribution in [0.15, 0.2) is 36.4 Å². The highest BCUT2D eigenvalue weighted by atomic mass is 35.5. The number of hydrogen-bond acceptors (Lipinski definition) is 2. The SMILES string of the molecule is COc1ccc(C)cc1COc1ccc(CCl)cc1F. The van der Waals surface area contributed by atoms with E-state index in [-0.39, 0.29) is 18.2 Å². The van der Waals surface area contributed by atoms with E-state index < -0.39 is 5.82 Å². The van der Waals surface area contributed by atoms with Crippen molar-refractivity contribution in [2.24, 2.45) is 0 Å². The second-order valence-electron chi connectivity index (χ2n) is 4.50. The molecule has 0 unspecified atom stereocenters. The lowest BCUT2D eigenvalue weighted by Gasteiger charge is -2.12. The fourth-order valence-corrected chi connectivity index (χ4v) is 2.09. The number of ether oxygens (including phenoxy) is 2. The summed E-state index contributed by atoms with van der Waals surface area (Å²) in [5.41, 5.74) is 2.71. The largest absolute Gasteiger partial charge is 0.496 e. The van der Waals surface area contributed by atoms with Crippen molar-refractivity contribution in [1.29, 1.82) is 0 Å². The van der Waals surface area contributed by atoms with E-state index in [1.807, 2.05) is 25.1 Å². The van der Waals surface area contributed by atoms with Gasteiger partial charge in [0, 0.05) is 11.4 Å². The van der Waals surface area contributed by atoms with Crippen molar-refractivity contribution in [2.75, 3.05) is 7.11 Å². The van der Waals surface area contributed by atoms with Crippen LogP contribution in [0.4, 0.5) is 4.39 Å². The number of hydrogen-bond donors (Lipinski definition) is 0. The van der Waals surface area contributed by atoms with Crippen LogP contribution in [0, 0.1) is 12.7 Å². The van der Waals surface area contributed by atoms with Gasteiger partial charge in [0.2, 0.25) is 0 Å². The highest BCUT2D eigenvalue weighted by Gasteiger charge is 2.08. The molecule has 106 valence electrons. The molecule has 0 atom stereocenters. The Hall–Kier alpha value is -1.74. The third kappa shape index (κ3) is 3.42. The molecule has 20 heavy (non-hydrogen) atoms. The van der Waals surface area contributed by atoms with Gasteiger partial charge in [0.15, 0.2) is 11.6 Å². The monoisotopic (exact) mass is 294 g/mol. The van der Waals surface area contributed by atoms with Gasteiger partial charge in [-0.3, -0.25) is 0 Å². The van der Waals surface area contributed by atoms with Crippen LogP contribution in [-0.2, 0) is 12.5 Å². The summed E-state index contributed by atoms with van der Waals surface area (Å²) in [5, 5.41) is 0. The molecule has 0 amide bonds. The minimum atomic E-state index is -0.408. The Morgan fingerprint density at radius 1 is 1.10 bits per heavy atom. The van der Waals surface area contributed by atoms with E-state index in [1.165, 1.54) is 6.07 Å². The lowest BCUT2D eigenvalue weighted by atomic mass is 10.1. The van der Waals surface area contributed by atoms with Crippen LogP contribution in [0.3, 0.4) is 0 Å². The summed E-state index contributed by atoms with van der Waals surface area (Å²) in [6.07, 6.45) is 0. The normalized spacial score (nSPS) is 10.4. The van der Waals surface area contributed by atoms with E-state index in [1.54, 1.807) is 19.2 Å². The molecule has 0 N–H and O–H groups in total.